The number of fused-ring (bicyclic) bond motifs is 12. The molecular weight excluding hydrogens is 725 g/mol. The van der Waals surface area contributed by atoms with Crippen molar-refractivity contribution in [3.8, 4) is 39.4 Å². The van der Waals surface area contributed by atoms with Crippen LogP contribution in [-0.4, -0.2) is 15.2 Å². The summed E-state index contributed by atoms with van der Waals surface area (Å²) in [7, 11) is 0. The lowest BCUT2D eigenvalue weighted by Crippen LogP contribution is -2.15. The fourth-order valence-electron chi connectivity index (χ4n) is 9.88. The summed E-state index contributed by atoms with van der Waals surface area (Å²) in [4.78, 5) is 0. The molecule has 2 unspecified atom stereocenters. The minimum Gasteiger partial charge on any atom is -0.485 e. The molecule has 4 heterocycles. The molecule has 0 saturated heterocycles. The van der Waals surface area contributed by atoms with Gasteiger partial charge in [0, 0.05) is 75.7 Å². The predicted octanol–water partition coefficient (Wildman–Crippen LogP) is 14.6. The highest BCUT2D eigenvalue weighted by atomic mass is 32.1. The van der Waals surface area contributed by atoms with Gasteiger partial charge in [-0.15, -0.1) is 11.3 Å². The molecule has 0 saturated carbocycles. The fourth-order valence-corrected chi connectivity index (χ4v) is 11.1. The highest BCUT2D eigenvalue weighted by Crippen LogP contribution is 2.48. The Morgan fingerprint density at radius 1 is 0.448 bits per heavy atom. The van der Waals surface area contributed by atoms with E-state index < -0.39 is 0 Å². The first-order valence-corrected chi connectivity index (χ1v) is 20.8. The fraction of sp³-hybridized carbons (Fsp3) is 0.0370. The van der Waals surface area contributed by atoms with Gasteiger partial charge in [0.15, 0.2) is 0 Å². The molecule has 1 aliphatic heterocycles. The molecule has 58 heavy (non-hydrogen) atoms. The van der Waals surface area contributed by atoms with Crippen LogP contribution in [0.5, 0.6) is 5.75 Å². The highest BCUT2D eigenvalue weighted by molar-refractivity contribution is 7.26. The second kappa shape index (κ2) is 12.2. The van der Waals surface area contributed by atoms with E-state index in [1.165, 1.54) is 91.6 Å². The normalized spacial score (nSPS) is 15.9. The van der Waals surface area contributed by atoms with Crippen LogP contribution in [0.15, 0.2) is 194 Å². The van der Waals surface area contributed by atoms with Crippen LogP contribution in [-0.2, 0) is 0 Å². The Hall–Kier alpha value is -7.14. The van der Waals surface area contributed by atoms with Crippen molar-refractivity contribution in [2.24, 2.45) is 0 Å². The number of allylic oxidation sites excluding steroid dienone is 2. The van der Waals surface area contributed by atoms with Gasteiger partial charge in [0.25, 0.3) is 0 Å². The van der Waals surface area contributed by atoms with Gasteiger partial charge >= 0.3 is 0 Å². The van der Waals surface area contributed by atoms with Gasteiger partial charge in [-0.2, -0.15) is 0 Å². The number of hydrogen-bond donors (Lipinski definition) is 0. The average Bonchev–Trinajstić information content (AvgIpc) is 4.03. The molecule has 0 radical (unpaired) electrons. The van der Waals surface area contributed by atoms with Crippen molar-refractivity contribution < 1.29 is 4.74 Å². The lowest BCUT2D eigenvalue weighted by Gasteiger charge is -2.15. The average molecular weight is 759 g/mol. The summed E-state index contributed by atoms with van der Waals surface area (Å²) in [5.41, 5.74) is 13.2. The third kappa shape index (κ3) is 4.55. The molecule has 0 spiro atoms. The van der Waals surface area contributed by atoms with Crippen LogP contribution in [0.2, 0.25) is 0 Å². The highest BCUT2D eigenvalue weighted by Gasteiger charge is 2.32. The van der Waals surface area contributed by atoms with E-state index in [2.05, 4.69) is 203 Å². The Morgan fingerprint density at radius 3 is 2.02 bits per heavy atom. The summed E-state index contributed by atoms with van der Waals surface area (Å²) in [5, 5.41) is 7.56. The lowest BCUT2D eigenvalue weighted by atomic mass is 9.90. The minimum absolute atomic E-state index is 0.0533. The first-order valence-electron chi connectivity index (χ1n) is 20.0. The second-order valence-electron chi connectivity index (χ2n) is 15.6. The van der Waals surface area contributed by atoms with Gasteiger partial charge in [-0.3, -0.25) is 0 Å². The molecule has 0 N–H and O–H groups in total. The standard InChI is InChI=1S/C54H34N2OS/c1-2-13-35(14-3-1)56-48-22-9-5-16-39(48)43-20-12-19-37(53(43)56)34-25-27-40-38-15-4-8-21-47(38)55(49(40)30-34)36-31-44(54-46(32-36)42-18-7-11-24-52(42)58-54)33-26-28-51-45(29-33)41-17-6-10-23-50(41)57-51/h1-32,41,50H. The molecular formula is C54H34N2OS. The Kier molecular flexibility index (Phi) is 6.72. The van der Waals surface area contributed by atoms with Gasteiger partial charge in [-0.25, -0.2) is 0 Å². The maximum atomic E-state index is 6.40. The molecule has 0 amide bonds. The molecule has 4 heteroatoms. The smallest absolute Gasteiger partial charge is 0.128 e. The van der Waals surface area contributed by atoms with Crippen molar-refractivity contribution in [3.63, 3.8) is 0 Å². The Morgan fingerprint density at radius 2 is 1.14 bits per heavy atom. The molecule has 2 aliphatic rings. The maximum absolute atomic E-state index is 6.40. The van der Waals surface area contributed by atoms with Crippen LogP contribution in [0.1, 0.15) is 11.5 Å². The number of nitrogens with zero attached hydrogens (tertiary/aromatic N) is 2. The SMILES string of the molecule is C1=CC2Oc3ccc(-c4cc(-n5c6ccccc6c6ccc(-c7cccc8c9ccccc9n(-c9ccccc9)c78)cc65)cc5c4sc4ccccc45)cc3C2C=C1. The van der Waals surface area contributed by atoms with E-state index >= 15 is 0 Å². The topological polar surface area (TPSA) is 19.1 Å². The summed E-state index contributed by atoms with van der Waals surface area (Å²) in [6.45, 7) is 0. The summed E-state index contributed by atoms with van der Waals surface area (Å²) in [5.74, 6) is 1.21. The molecule has 0 bridgehead atoms. The monoisotopic (exact) mass is 758 g/mol. The largest absolute Gasteiger partial charge is 0.485 e. The van der Waals surface area contributed by atoms with Crippen LogP contribution in [0, 0.1) is 0 Å². The van der Waals surface area contributed by atoms with E-state index in [1.807, 2.05) is 11.3 Å². The van der Waals surface area contributed by atoms with Crippen molar-refractivity contribution in [2.75, 3.05) is 0 Å². The number of hydrogen-bond acceptors (Lipinski definition) is 2. The molecule has 8 aromatic carbocycles. The summed E-state index contributed by atoms with van der Waals surface area (Å²) < 4.78 is 13.9. The van der Waals surface area contributed by atoms with Crippen LogP contribution < -0.4 is 4.74 Å². The maximum Gasteiger partial charge on any atom is 0.128 e. The molecule has 1 aliphatic carbocycles. The van der Waals surface area contributed by atoms with Gasteiger partial charge in [-0.05, 0) is 77.9 Å². The zero-order chi connectivity index (χ0) is 37.9. The Labute approximate surface area is 338 Å². The number of para-hydroxylation sites is 4. The van der Waals surface area contributed by atoms with Gasteiger partial charge in [-0.1, -0.05) is 127 Å². The second-order valence-corrected chi connectivity index (χ2v) is 16.6. The van der Waals surface area contributed by atoms with Crippen molar-refractivity contribution in [3.05, 3.63) is 200 Å². The molecule has 3 aromatic heterocycles. The number of ether oxygens (including phenoxy) is 1. The first-order chi connectivity index (χ1) is 28.8. The molecule has 13 rings (SSSR count). The Balaban J connectivity index is 1.08. The predicted molar refractivity (Wildman–Crippen MR) is 244 cm³/mol. The quantitative estimate of drug-likeness (QED) is 0.175. The van der Waals surface area contributed by atoms with Gasteiger partial charge in [0.1, 0.15) is 11.9 Å². The van der Waals surface area contributed by atoms with Crippen LogP contribution in [0.25, 0.3) is 97.4 Å². The van der Waals surface area contributed by atoms with Gasteiger partial charge in [0.05, 0.1) is 22.1 Å². The van der Waals surface area contributed by atoms with Gasteiger partial charge < -0.3 is 13.9 Å². The van der Waals surface area contributed by atoms with Crippen molar-refractivity contribution >= 4 is 75.1 Å². The molecule has 3 nitrogen and oxygen atoms in total. The van der Waals surface area contributed by atoms with E-state index in [-0.39, 0.29) is 12.0 Å². The number of aromatic nitrogens is 2. The lowest BCUT2D eigenvalue weighted by molar-refractivity contribution is 0.269. The third-order valence-corrected chi connectivity index (χ3v) is 13.7. The van der Waals surface area contributed by atoms with E-state index in [0.717, 1.165) is 17.1 Å². The molecule has 0 fully saturated rings. The number of benzene rings is 8. The van der Waals surface area contributed by atoms with E-state index in [1.54, 1.807) is 0 Å². The summed E-state index contributed by atoms with van der Waals surface area (Å²) in [6.07, 6.45) is 8.75. The van der Waals surface area contributed by atoms with Crippen LogP contribution in [0.4, 0.5) is 0 Å². The van der Waals surface area contributed by atoms with Crippen LogP contribution >= 0.6 is 11.3 Å². The first kappa shape index (κ1) is 32.0. The summed E-state index contributed by atoms with van der Waals surface area (Å²) >= 11 is 1.89. The molecule has 2 atom stereocenters. The third-order valence-electron chi connectivity index (χ3n) is 12.4. The number of rotatable bonds is 4. The van der Waals surface area contributed by atoms with E-state index in [4.69, 9.17) is 4.74 Å². The van der Waals surface area contributed by atoms with Gasteiger partial charge in [0.2, 0.25) is 0 Å². The number of thiophene rings is 1. The Bertz CT molecular complexity index is 3560. The molecule has 11 aromatic rings. The van der Waals surface area contributed by atoms with Crippen molar-refractivity contribution in [1.82, 2.24) is 9.13 Å². The minimum atomic E-state index is 0.0533. The summed E-state index contributed by atoms with van der Waals surface area (Å²) in [6, 6.07) is 62.8. The zero-order valence-electron chi connectivity index (χ0n) is 31.3. The van der Waals surface area contributed by atoms with Crippen molar-refractivity contribution in [2.45, 2.75) is 12.0 Å². The van der Waals surface area contributed by atoms with E-state index in [9.17, 15) is 0 Å². The zero-order valence-corrected chi connectivity index (χ0v) is 32.2. The van der Waals surface area contributed by atoms with Crippen LogP contribution in [0.3, 0.4) is 0 Å². The molecule has 272 valence electrons. The van der Waals surface area contributed by atoms with E-state index in [0.29, 0.717) is 0 Å². The van der Waals surface area contributed by atoms with Crippen molar-refractivity contribution in [1.29, 1.82) is 0 Å².